The van der Waals surface area contributed by atoms with Gasteiger partial charge in [0.1, 0.15) is 5.54 Å². The van der Waals surface area contributed by atoms with E-state index in [0.717, 1.165) is 13.1 Å². The first-order chi connectivity index (χ1) is 8.74. The third-order valence-corrected chi connectivity index (χ3v) is 5.49. The molecule has 1 aliphatic carbocycles. The van der Waals surface area contributed by atoms with Gasteiger partial charge >= 0.3 is 0 Å². The van der Waals surface area contributed by atoms with Crippen LogP contribution in [0.4, 0.5) is 0 Å². The van der Waals surface area contributed by atoms with E-state index >= 15 is 0 Å². The van der Waals surface area contributed by atoms with Crippen molar-refractivity contribution >= 4 is 5.91 Å². The number of ether oxygens (including phenoxy) is 1. The van der Waals surface area contributed by atoms with Gasteiger partial charge in [-0.05, 0) is 18.8 Å². The molecule has 1 heterocycles. The van der Waals surface area contributed by atoms with Crippen LogP contribution in [0, 0.1) is 17.3 Å². The highest BCUT2D eigenvalue weighted by atomic mass is 16.5. The van der Waals surface area contributed by atoms with Crippen LogP contribution < -0.4 is 5.73 Å². The van der Waals surface area contributed by atoms with Gasteiger partial charge in [0.15, 0.2) is 0 Å². The molecule has 0 aromatic heterocycles. The van der Waals surface area contributed by atoms with Crippen molar-refractivity contribution in [3.63, 3.8) is 0 Å². The highest BCUT2D eigenvalue weighted by molar-refractivity contribution is 5.89. The number of amides is 1. The Kier molecular flexibility index (Phi) is 3.69. The lowest BCUT2D eigenvalue weighted by molar-refractivity contribution is -0.178. The number of hydrogen-bond acceptors (Lipinski definition) is 3. The highest BCUT2D eigenvalue weighted by Crippen LogP contribution is 2.51. The number of likely N-dealkylation sites (tertiary alicyclic amines) is 1. The molecule has 110 valence electrons. The first-order valence-electron chi connectivity index (χ1n) is 7.44. The summed E-state index contributed by atoms with van der Waals surface area (Å²) >= 11 is 0. The van der Waals surface area contributed by atoms with Crippen LogP contribution in [-0.4, -0.2) is 42.1 Å². The molecule has 0 aromatic rings. The quantitative estimate of drug-likeness (QED) is 0.846. The summed E-state index contributed by atoms with van der Waals surface area (Å²) in [5.41, 5.74) is 5.41. The predicted octanol–water partition coefficient (Wildman–Crippen LogP) is 1.63. The van der Waals surface area contributed by atoms with Crippen molar-refractivity contribution < 1.29 is 9.53 Å². The second-order valence-corrected chi connectivity index (χ2v) is 7.01. The Hall–Kier alpha value is -0.610. The fourth-order valence-electron chi connectivity index (χ4n) is 3.38. The van der Waals surface area contributed by atoms with Crippen molar-refractivity contribution in [1.82, 2.24) is 4.90 Å². The normalized spacial score (nSPS) is 41.2. The van der Waals surface area contributed by atoms with E-state index in [2.05, 4.69) is 27.7 Å². The van der Waals surface area contributed by atoms with E-state index in [4.69, 9.17) is 10.5 Å². The second kappa shape index (κ2) is 4.74. The molecule has 1 saturated heterocycles. The predicted molar refractivity (Wildman–Crippen MR) is 75.6 cm³/mol. The number of nitrogens with two attached hydrogens (primary N) is 1. The van der Waals surface area contributed by atoms with Crippen molar-refractivity contribution in [3.8, 4) is 0 Å². The molecule has 0 radical (unpaired) electrons. The average molecular weight is 268 g/mol. The van der Waals surface area contributed by atoms with Gasteiger partial charge in [-0.2, -0.15) is 0 Å². The minimum Gasteiger partial charge on any atom is -0.378 e. The molecule has 4 nitrogen and oxygen atoms in total. The minimum absolute atomic E-state index is 0.101. The second-order valence-electron chi connectivity index (χ2n) is 7.01. The van der Waals surface area contributed by atoms with Crippen molar-refractivity contribution in [3.05, 3.63) is 0 Å². The molecule has 4 unspecified atom stereocenters. The Morgan fingerprint density at radius 2 is 1.84 bits per heavy atom. The van der Waals surface area contributed by atoms with E-state index in [0.29, 0.717) is 24.9 Å². The minimum atomic E-state index is -0.753. The number of nitrogens with zero attached hydrogens (tertiary/aromatic N) is 1. The number of carbonyl (C=O) groups is 1. The molecular weight excluding hydrogens is 240 g/mol. The molecule has 2 fully saturated rings. The molecule has 0 spiro atoms. The first kappa shape index (κ1) is 14.8. The first-order valence-corrected chi connectivity index (χ1v) is 7.44. The van der Waals surface area contributed by atoms with Gasteiger partial charge in [0.05, 0.1) is 6.10 Å². The molecule has 0 bridgehead atoms. The van der Waals surface area contributed by atoms with Crippen LogP contribution >= 0.6 is 0 Å². The Morgan fingerprint density at radius 1 is 1.32 bits per heavy atom. The van der Waals surface area contributed by atoms with E-state index in [1.807, 2.05) is 11.8 Å². The molecular formula is C15H28N2O2. The fraction of sp³-hybridized carbons (Fsp3) is 0.933. The summed E-state index contributed by atoms with van der Waals surface area (Å²) in [5, 5.41) is 0. The third kappa shape index (κ3) is 2.09. The lowest BCUT2D eigenvalue weighted by atomic mass is 9.54. The standard InChI is InChI=1S/C15H28N2O2/c1-6-19-12-7-15(16,14(12,4)5)13(18)17-8-10(2)11(3)9-17/h10-12H,6-9,16H2,1-5H3. The maximum Gasteiger partial charge on any atom is 0.243 e. The van der Waals surface area contributed by atoms with Crippen molar-refractivity contribution in [1.29, 1.82) is 0 Å². The van der Waals surface area contributed by atoms with Crippen LogP contribution in [0.3, 0.4) is 0 Å². The SMILES string of the molecule is CCOC1CC(N)(C(=O)N2CC(C)C(C)C2)C1(C)C. The molecule has 2 aliphatic rings. The van der Waals surface area contributed by atoms with Crippen LogP contribution in [0.2, 0.25) is 0 Å². The van der Waals surface area contributed by atoms with Crippen molar-refractivity contribution in [2.24, 2.45) is 23.0 Å². The Bertz CT molecular complexity index is 359. The lowest BCUT2D eigenvalue weighted by Crippen LogP contribution is -2.75. The summed E-state index contributed by atoms with van der Waals surface area (Å²) < 4.78 is 5.69. The zero-order chi connectivity index (χ0) is 14.4. The molecule has 4 atom stereocenters. The molecule has 2 rings (SSSR count). The van der Waals surface area contributed by atoms with E-state index in [9.17, 15) is 4.79 Å². The average Bonchev–Trinajstić information content (AvgIpc) is 2.68. The molecule has 4 heteroatoms. The molecule has 1 amide bonds. The highest BCUT2D eigenvalue weighted by Gasteiger charge is 2.64. The number of rotatable bonds is 3. The summed E-state index contributed by atoms with van der Waals surface area (Å²) in [6.45, 7) is 12.9. The topological polar surface area (TPSA) is 55.6 Å². The Morgan fingerprint density at radius 3 is 2.26 bits per heavy atom. The monoisotopic (exact) mass is 268 g/mol. The Balaban J connectivity index is 2.08. The number of hydrogen-bond donors (Lipinski definition) is 1. The van der Waals surface area contributed by atoms with E-state index in [-0.39, 0.29) is 17.4 Å². The zero-order valence-corrected chi connectivity index (χ0v) is 12.9. The van der Waals surface area contributed by atoms with Gasteiger partial charge in [-0.25, -0.2) is 0 Å². The van der Waals surface area contributed by atoms with Crippen LogP contribution in [-0.2, 0) is 9.53 Å². The Labute approximate surface area is 116 Å². The third-order valence-electron chi connectivity index (χ3n) is 5.49. The van der Waals surface area contributed by atoms with Crippen LogP contribution in [0.25, 0.3) is 0 Å². The van der Waals surface area contributed by atoms with Gasteiger partial charge in [0.2, 0.25) is 5.91 Å². The molecule has 0 aromatic carbocycles. The number of carbonyl (C=O) groups excluding carboxylic acids is 1. The molecule has 19 heavy (non-hydrogen) atoms. The summed E-state index contributed by atoms with van der Waals surface area (Å²) in [4.78, 5) is 14.7. The van der Waals surface area contributed by atoms with E-state index in [1.165, 1.54) is 0 Å². The van der Waals surface area contributed by atoms with Crippen LogP contribution in [0.1, 0.15) is 41.0 Å². The van der Waals surface area contributed by atoms with Gasteiger partial charge < -0.3 is 15.4 Å². The van der Waals surface area contributed by atoms with Gasteiger partial charge in [0.25, 0.3) is 0 Å². The largest absolute Gasteiger partial charge is 0.378 e. The van der Waals surface area contributed by atoms with E-state index < -0.39 is 5.54 Å². The summed E-state index contributed by atoms with van der Waals surface area (Å²) in [5.74, 6) is 1.25. The van der Waals surface area contributed by atoms with Gasteiger partial charge in [0, 0.05) is 31.5 Å². The van der Waals surface area contributed by atoms with Crippen LogP contribution in [0.5, 0.6) is 0 Å². The summed E-state index contributed by atoms with van der Waals surface area (Å²) in [6, 6.07) is 0. The fourth-order valence-corrected chi connectivity index (χ4v) is 3.38. The lowest BCUT2D eigenvalue weighted by Gasteiger charge is -2.58. The zero-order valence-electron chi connectivity index (χ0n) is 12.9. The summed E-state index contributed by atoms with van der Waals surface area (Å²) in [6.07, 6.45) is 0.746. The van der Waals surface area contributed by atoms with E-state index in [1.54, 1.807) is 0 Å². The molecule has 1 saturated carbocycles. The smallest absolute Gasteiger partial charge is 0.243 e. The molecule has 2 N–H and O–H groups in total. The maximum absolute atomic E-state index is 12.8. The van der Waals surface area contributed by atoms with Crippen molar-refractivity contribution in [2.45, 2.75) is 52.7 Å². The molecule has 1 aliphatic heterocycles. The van der Waals surface area contributed by atoms with Gasteiger partial charge in [-0.15, -0.1) is 0 Å². The van der Waals surface area contributed by atoms with Crippen LogP contribution in [0.15, 0.2) is 0 Å². The summed E-state index contributed by atoms with van der Waals surface area (Å²) in [7, 11) is 0. The van der Waals surface area contributed by atoms with Gasteiger partial charge in [-0.3, -0.25) is 4.79 Å². The maximum atomic E-state index is 12.8. The van der Waals surface area contributed by atoms with Crippen molar-refractivity contribution in [2.75, 3.05) is 19.7 Å². The van der Waals surface area contributed by atoms with Gasteiger partial charge in [-0.1, -0.05) is 27.7 Å².